The average molecular weight is 1040 g/mol. The van der Waals surface area contributed by atoms with E-state index in [1.165, 1.54) is 21.1 Å². The van der Waals surface area contributed by atoms with Crippen LogP contribution in [0.25, 0.3) is 0 Å². The fraction of sp³-hybridized carbons (Fsp3) is 0.490. The summed E-state index contributed by atoms with van der Waals surface area (Å²) in [6.45, 7) is 8.50. The molecule has 0 aliphatic carbocycles. The molecule has 4 aromatic rings. The van der Waals surface area contributed by atoms with E-state index in [4.69, 9.17) is 70.6 Å². The molecule has 4 aromatic carbocycles. The number of carbonyl (C=O) groups is 1. The first-order chi connectivity index (χ1) is 32.1. The molecule has 7 rings (SSSR count). The van der Waals surface area contributed by atoms with Gasteiger partial charge in [0.25, 0.3) is 0 Å². The first-order valence-electron chi connectivity index (χ1n) is 22.0. The molecule has 3 aliphatic heterocycles. The van der Waals surface area contributed by atoms with E-state index < -0.39 is 104 Å². The van der Waals surface area contributed by atoms with Gasteiger partial charge in [-0.25, -0.2) is 0 Å². The zero-order valence-electron chi connectivity index (χ0n) is 38.2. The van der Waals surface area contributed by atoms with Crippen molar-refractivity contribution in [1.29, 1.82) is 0 Å². The Kier molecular flexibility index (Phi) is 17.3. The van der Waals surface area contributed by atoms with E-state index in [1.54, 1.807) is 27.7 Å². The second-order valence-electron chi connectivity index (χ2n) is 17.0. The molecule has 0 saturated carbocycles. The van der Waals surface area contributed by atoms with Crippen molar-refractivity contribution in [2.75, 3.05) is 14.2 Å². The quantitative estimate of drug-likeness (QED) is 0.0430. The summed E-state index contributed by atoms with van der Waals surface area (Å²) in [5.74, 6) is -0.766. The maximum atomic E-state index is 16.1. The first kappa shape index (κ1) is 51.0. The van der Waals surface area contributed by atoms with Crippen LogP contribution in [0.3, 0.4) is 0 Å². The number of ether oxygens (including phenoxy) is 10. The minimum absolute atomic E-state index is 0.0258. The molecule has 0 amide bonds. The predicted molar refractivity (Wildman–Crippen MR) is 248 cm³/mol. The van der Waals surface area contributed by atoms with Crippen LogP contribution in [-0.2, 0) is 51.1 Å². The Labute approximate surface area is 406 Å². The summed E-state index contributed by atoms with van der Waals surface area (Å²) in [6, 6.07) is 28.6. The third kappa shape index (κ3) is 11.6. The average Bonchev–Trinajstić information content (AvgIpc) is 3.30. The van der Waals surface area contributed by atoms with Gasteiger partial charge in [-0.3, -0.25) is 10.1 Å². The second kappa shape index (κ2) is 22.7. The molecule has 3 fully saturated rings. The van der Waals surface area contributed by atoms with Crippen molar-refractivity contribution in [2.24, 2.45) is 0 Å². The van der Waals surface area contributed by atoms with Crippen LogP contribution in [0, 0.1) is 17.0 Å². The Morgan fingerprint density at radius 1 is 0.806 bits per heavy atom. The van der Waals surface area contributed by atoms with Gasteiger partial charge >= 0.3 is 281 Å². The van der Waals surface area contributed by atoms with Crippen LogP contribution in [0.5, 0.6) is 11.5 Å². The van der Waals surface area contributed by atoms with Crippen LogP contribution in [0.1, 0.15) is 67.6 Å². The van der Waals surface area contributed by atoms with E-state index in [2.05, 4.69) is 0 Å². The molecule has 0 bridgehead atoms. The summed E-state index contributed by atoms with van der Waals surface area (Å²) in [5.41, 5.74) is 0.377. The fourth-order valence-electron chi connectivity index (χ4n) is 8.90. The molecule has 3 saturated heterocycles. The molecule has 0 unspecified atom stereocenters. The van der Waals surface area contributed by atoms with Crippen LogP contribution in [0.15, 0.2) is 91.0 Å². The van der Waals surface area contributed by atoms with E-state index in [-0.39, 0.29) is 58.7 Å². The molecule has 3 aliphatic rings. The number of carbonyl (C=O) groups excluding carboxylic acids is 1. The SMILES string of the molecule is COc1c(Cl)c(OCc2ccccc2)c(Cl)c(C)c1C(=O)O[C@@H]1[C@@H](C)O[C@@H](O[C@H]2[C@H](OCc3ccccc3)[C@H]([Se]c3ccccc3)[C@@H](F)O[C@@H]2C)C[C@H]1O[C@H]1C[C@](C)([N+](=O)[O-])[C@@H](OC)[C@H](C)O1. The normalized spacial score (nSPS) is 30.9. The molecular formula is C49H56Cl2FNO13Se. The molecule has 0 aromatic heterocycles. The number of halogens is 3. The van der Waals surface area contributed by atoms with Crippen LogP contribution < -0.4 is 13.9 Å². The van der Waals surface area contributed by atoms with Crippen molar-refractivity contribution < 1.29 is 61.5 Å². The zero-order valence-corrected chi connectivity index (χ0v) is 41.4. The molecule has 67 heavy (non-hydrogen) atoms. The van der Waals surface area contributed by atoms with Crippen molar-refractivity contribution in [3.05, 3.63) is 133 Å². The number of hydrogen-bond donors (Lipinski definition) is 0. The summed E-state index contributed by atoms with van der Waals surface area (Å²) in [7, 11) is 2.75. The second-order valence-corrected chi connectivity index (χ2v) is 20.4. The van der Waals surface area contributed by atoms with Gasteiger partial charge < -0.3 is 14.2 Å². The number of benzene rings is 4. The van der Waals surface area contributed by atoms with E-state index in [0.29, 0.717) is 0 Å². The van der Waals surface area contributed by atoms with Crippen LogP contribution in [0.2, 0.25) is 14.9 Å². The van der Waals surface area contributed by atoms with E-state index in [9.17, 15) is 14.9 Å². The number of methoxy groups -OCH3 is 2. The number of alkyl halides is 1. The van der Waals surface area contributed by atoms with Gasteiger partial charge in [-0.05, 0) is 12.5 Å². The monoisotopic (exact) mass is 1040 g/mol. The Balaban J connectivity index is 1.18. The van der Waals surface area contributed by atoms with Gasteiger partial charge in [0.05, 0.1) is 12.1 Å². The van der Waals surface area contributed by atoms with Crippen molar-refractivity contribution in [2.45, 2.75) is 139 Å². The molecule has 0 N–H and O–H groups in total. The first-order valence-corrected chi connectivity index (χ1v) is 24.6. The molecular weight excluding hydrogens is 979 g/mol. The summed E-state index contributed by atoms with van der Waals surface area (Å²) < 4.78 is 79.4. The maximum absolute atomic E-state index is 16.1. The Bertz CT molecular complexity index is 2290. The topological polar surface area (TPSA) is 153 Å². The molecule has 362 valence electrons. The molecule has 13 atom stereocenters. The van der Waals surface area contributed by atoms with Gasteiger partial charge in [-0.15, -0.1) is 0 Å². The van der Waals surface area contributed by atoms with Gasteiger partial charge in [0, 0.05) is 7.11 Å². The number of hydrogen-bond acceptors (Lipinski definition) is 13. The van der Waals surface area contributed by atoms with Gasteiger partial charge in [0.1, 0.15) is 11.6 Å². The molecule has 3 heterocycles. The van der Waals surface area contributed by atoms with Crippen LogP contribution in [-0.4, -0.2) is 113 Å². The third-order valence-corrected chi connectivity index (χ3v) is 15.9. The van der Waals surface area contributed by atoms with Gasteiger partial charge in [0.2, 0.25) is 0 Å². The third-order valence-electron chi connectivity index (χ3n) is 12.3. The molecule has 0 spiro atoms. The summed E-state index contributed by atoms with van der Waals surface area (Å²) >= 11 is 13.3. The van der Waals surface area contributed by atoms with Crippen LogP contribution >= 0.6 is 23.2 Å². The van der Waals surface area contributed by atoms with E-state index in [0.717, 1.165) is 15.6 Å². The van der Waals surface area contributed by atoms with Crippen molar-refractivity contribution in [1.82, 2.24) is 0 Å². The molecule has 18 heteroatoms. The molecule has 0 radical (unpaired) electrons. The number of nitro groups is 1. The molecule has 14 nitrogen and oxygen atoms in total. The Morgan fingerprint density at radius 3 is 2.01 bits per heavy atom. The van der Waals surface area contributed by atoms with Crippen molar-refractivity contribution in [3.8, 4) is 11.5 Å². The van der Waals surface area contributed by atoms with Gasteiger partial charge in [-0.1, -0.05) is 53.5 Å². The number of nitrogens with zero attached hydrogens (tertiary/aromatic N) is 1. The van der Waals surface area contributed by atoms with Crippen molar-refractivity contribution >= 4 is 48.6 Å². The summed E-state index contributed by atoms with van der Waals surface area (Å²) in [5, 5.41) is 12.6. The standard InChI is InChI=1S/C49H56Cl2FNO13Se/c1-27-37(42(57-6)39(51)43(38(27)50)59-25-31-17-11-8-12-18-31)48(54)66-40-28(2)61-35(23-34(40)64-36-24-49(5,53(55)56)46(58-7)30(4)62-36)65-41-29(3)63-47(52)45(67-33-21-15-10-16-22-33)44(41)60-26-32-19-13-9-14-20-32/h8-22,28-30,34-36,40-41,44-47H,23-26H2,1-7H3/t28-,29-,30+,34-,35+,36+,40-,41-,44+,45+,46+,47+,49+/m1/s1. The van der Waals surface area contributed by atoms with Crippen LogP contribution in [0.4, 0.5) is 4.39 Å². The Morgan fingerprint density at radius 2 is 1.40 bits per heavy atom. The fourth-order valence-corrected chi connectivity index (χ4v) is 12.0. The van der Waals surface area contributed by atoms with Gasteiger partial charge in [0.15, 0.2) is 5.75 Å². The number of esters is 1. The minimum atomic E-state index is -1.65. The van der Waals surface area contributed by atoms with E-state index >= 15 is 4.39 Å². The predicted octanol–water partition coefficient (Wildman–Crippen LogP) is 8.62. The Hall–Kier alpha value is -3.90. The summed E-state index contributed by atoms with van der Waals surface area (Å²) in [6.07, 6.45) is -11.3. The van der Waals surface area contributed by atoms with Crippen molar-refractivity contribution in [3.63, 3.8) is 0 Å². The number of rotatable bonds is 17. The summed E-state index contributed by atoms with van der Waals surface area (Å²) in [4.78, 5) is 26.0. The van der Waals surface area contributed by atoms with E-state index in [1.807, 2.05) is 91.0 Å². The zero-order chi connectivity index (χ0) is 48.0. The van der Waals surface area contributed by atoms with Gasteiger partial charge in [-0.2, -0.15) is 0 Å².